The van der Waals surface area contributed by atoms with Gasteiger partial charge < -0.3 is 20.5 Å². The van der Waals surface area contributed by atoms with Gasteiger partial charge in [0.05, 0.1) is 16.5 Å². The maximum absolute atomic E-state index is 13.5. The van der Waals surface area contributed by atoms with E-state index in [2.05, 4.69) is 10.6 Å². The van der Waals surface area contributed by atoms with Crippen LogP contribution in [0.4, 0.5) is 4.39 Å². The summed E-state index contributed by atoms with van der Waals surface area (Å²) in [6.45, 7) is 0.0701. The molecule has 0 saturated heterocycles. The largest absolute Gasteiger partial charge is 0.484 e. The molecule has 9 heteroatoms. The second kappa shape index (κ2) is 9.49. The van der Waals surface area contributed by atoms with Gasteiger partial charge in [-0.15, -0.1) is 0 Å². The summed E-state index contributed by atoms with van der Waals surface area (Å²) in [5.74, 6) is -0.952. The fourth-order valence-corrected chi connectivity index (χ4v) is 5.08. The van der Waals surface area contributed by atoms with Crippen molar-refractivity contribution in [2.75, 3.05) is 6.61 Å². The zero-order chi connectivity index (χ0) is 23.6. The van der Waals surface area contributed by atoms with E-state index in [-0.39, 0.29) is 29.2 Å². The molecule has 2 aromatic rings. The van der Waals surface area contributed by atoms with Crippen LogP contribution in [0.25, 0.3) is 0 Å². The smallest absolute Gasteiger partial charge is 0.258 e. The molecule has 1 atom stereocenters. The Balaban J connectivity index is 1.31. The van der Waals surface area contributed by atoms with Crippen molar-refractivity contribution in [2.24, 2.45) is 5.41 Å². The first-order valence-electron chi connectivity index (χ1n) is 10.8. The molecule has 3 N–H and O–H groups in total. The Bertz CT molecular complexity index is 1040. The molecule has 0 radical (unpaired) electrons. The molecule has 0 heterocycles. The number of aliphatic hydroxyl groups is 1. The van der Waals surface area contributed by atoms with Crippen molar-refractivity contribution in [3.05, 3.63) is 63.9 Å². The number of benzene rings is 2. The normalized spacial score (nSPS) is 26.0. The topological polar surface area (TPSA) is 87.7 Å². The summed E-state index contributed by atoms with van der Waals surface area (Å²) in [6, 6.07) is 11.2. The molecule has 3 aliphatic carbocycles. The van der Waals surface area contributed by atoms with E-state index in [1.807, 2.05) is 12.1 Å². The van der Waals surface area contributed by atoms with Gasteiger partial charge in [0.1, 0.15) is 11.6 Å². The average Bonchev–Trinajstić information content (AvgIpc) is 2.80. The standard InChI is InChI=1S/C24H25Cl2FN2O4/c25-16-3-1-15(2-4-16)13-28-22(32)24-9-7-23(8-10-24,12-20(24)30)29-21(31)14-33-17-5-6-18(26)19(27)11-17/h1-6,11,20,30H,7-10,12-14H2,(H,28,32)(H,29,31)/t20-,23?,24?/m0/s1. The maximum atomic E-state index is 13.5. The Morgan fingerprint density at radius 1 is 1.09 bits per heavy atom. The van der Waals surface area contributed by atoms with Crippen molar-refractivity contribution in [3.63, 3.8) is 0 Å². The van der Waals surface area contributed by atoms with E-state index in [0.29, 0.717) is 43.7 Å². The Morgan fingerprint density at radius 3 is 2.42 bits per heavy atom. The van der Waals surface area contributed by atoms with Crippen molar-refractivity contribution in [2.45, 2.75) is 50.3 Å². The third-order valence-electron chi connectivity index (χ3n) is 6.81. The van der Waals surface area contributed by atoms with Crippen LogP contribution in [0.5, 0.6) is 5.75 Å². The van der Waals surface area contributed by atoms with Gasteiger partial charge in [0.15, 0.2) is 6.61 Å². The van der Waals surface area contributed by atoms with E-state index in [1.54, 1.807) is 12.1 Å². The number of carbonyl (C=O) groups excluding carboxylic acids is 2. The van der Waals surface area contributed by atoms with Crippen LogP contribution in [0.15, 0.2) is 42.5 Å². The minimum absolute atomic E-state index is 0.0234. The summed E-state index contributed by atoms with van der Waals surface area (Å²) < 4.78 is 18.9. The lowest BCUT2D eigenvalue weighted by molar-refractivity contribution is -0.156. The van der Waals surface area contributed by atoms with Gasteiger partial charge in [0.2, 0.25) is 5.91 Å². The van der Waals surface area contributed by atoms with Crippen molar-refractivity contribution in [1.29, 1.82) is 0 Å². The summed E-state index contributed by atoms with van der Waals surface area (Å²) in [4.78, 5) is 25.5. The van der Waals surface area contributed by atoms with E-state index in [9.17, 15) is 19.1 Å². The Labute approximate surface area is 201 Å². The molecule has 176 valence electrons. The highest BCUT2D eigenvalue weighted by molar-refractivity contribution is 6.30. The third kappa shape index (κ3) is 5.10. The number of hydrogen-bond donors (Lipinski definition) is 3. The molecule has 0 spiro atoms. The van der Waals surface area contributed by atoms with Crippen LogP contribution < -0.4 is 15.4 Å². The first-order valence-corrected chi connectivity index (χ1v) is 11.6. The molecule has 0 aromatic heterocycles. The number of amides is 2. The van der Waals surface area contributed by atoms with Gasteiger partial charge in [0.25, 0.3) is 5.91 Å². The highest BCUT2D eigenvalue weighted by Crippen LogP contribution is 2.52. The number of fused-ring (bicyclic) bond motifs is 3. The van der Waals surface area contributed by atoms with Gasteiger partial charge in [-0.2, -0.15) is 0 Å². The Hall–Kier alpha value is -2.35. The van der Waals surface area contributed by atoms with E-state index in [0.717, 1.165) is 11.6 Å². The number of carbonyl (C=O) groups is 2. The van der Waals surface area contributed by atoms with Crippen molar-refractivity contribution < 1.29 is 23.8 Å². The Morgan fingerprint density at radius 2 is 1.79 bits per heavy atom. The molecular weight excluding hydrogens is 470 g/mol. The zero-order valence-corrected chi connectivity index (χ0v) is 19.4. The molecule has 2 amide bonds. The SMILES string of the molecule is O=C(COc1ccc(Cl)c(F)c1)NC12CCC(C(=O)NCc3ccc(Cl)cc3)(CC1)[C@@H](O)C2. The second-order valence-corrected chi connectivity index (χ2v) is 9.72. The lowest BCUT2D eigenvalue weighted by Gasteiger charge is -2.55. The summed E-state index contributed by atoms with van der Waals surface area (Å²) in [5, 5.41) is 17.4. The van der Waals surface area contributed by atoms with Gasteiger partial charge in [-0.3, -0.25) is 9.59 Å². The van der Waals surface area contributed by atoms with Crippen molar-refractivity contribution >= 4 is 35.0 Å². The minimum atomic E-state index is -0.864. The predicted molar refractivity (Wildman–Crippen MR) is 123 cm³/mol. The van der Waals surface area contributed by atoms with Crippen LogP contribution in [0, 0.1) is 11.2 Å². The molecule has 3 fully saturated rings. The maximum Gasteiger partial charge on any atom is 0.258 e. The lowest BCUT2D eigenvalue weighted by Crippen LogP contribution is -2.65. The third-order valence-corrected chi connectivity index (χ3v) is 7.36. The molecule has 3 saturated carbocycles. The first kappa shape index (κ1) is 23.8. The molecular formula is C24H25Cl2FN2O4. The molecule has 0 aliphatic heterocycles. The van der Waals surface area contributed by atoms with Gasteiger partial charge in [-0.1, -0.05) is 35.3 Å². The Kier molecular flexibility index (Phi) is 6.84. The molecule has 5 rings (SSSR count). The molecule has 0 unspecified atom stereocenters. The van der Waals surface area contributed by atoms with Crippen molar-refractivity contribution in [3.8, 4) is 5.75 Å². The summed E-state index contributed by atoms with van der Waals surface area (Å²) in [6.07, 6.45) is 1.55. The van der Waals surface area contributed by atoms with Gasteiger partial charge in [0, 0.05) is 23.2 Å². The zero-order valence-electron chi connectivity index (χ0n) is 17.9. The first-order chi connectivity index (χ1) is 15.7. The number of rotatable bonds is 7. The minimum Gasteiger partial charge on any atom is -0.484 e. The monoisotopic (exact) mass is 494 g/mol. The molecule has 2 aromatic carbocycles. The number of nitrogens with one attached hydrogen (secondary N) is 2. The van der Waals surface area contributed by atoms with Crippen molar-refractivity contribution in [1.82, 2.24) is 10.6 Å². The summed E-state index contributed by atoms with van der Waals surface area (Å²) >= 11 is 11.5. The summed E-state index contributed by atoms with van der Waals surface area (Å²) in [7, 11) is 0. The van der Waals surface area contributed by atoms with E-state index in [1.165, 1.54) is 12.1 Å². The van der Waals surface area contributed by atoms with Gasteiger partial charge in [-0.05, 0) is 61.9 Å². The number of hydrogen-bond acceptors (Lipinski definition) is 4. The van der Waals surface area contributed by atoms with E-state index in [4.69, 9.17) is 27.9 Å². The summed E-state index contributed by atoms with van der Waals surface area (Å²) in [5.41, 5.74) is -0.507. The highest BCUT2D eigenvalue weighted by Gasteiger charge is 2.58. The average molecular weight is 495 g/mol. The number of halogens is 3. The van der Waals surface area contributed by atoms with Crippen LogP contribution in [-0.2, 0) is 16.1 Å². The highest BCUT2D eigenvalue weighted by atomic mass is 35.5. The molecule has 3 aliphatic rings. The van der Waals surface area contributed by atoms with Crippen LogP contribution in [-0.4, -0.2) is 35.2 Å². The van der Waals surface area contributed by atoms with Crippen LogP contribution >= 0.6 is 23.2 Å². The molecule has 2 bridgehead atoms. The quantitative estimate of drug-likeness (QED) is 0.542. The number of aliphatic hydroxyl groups excluding tert-OH is 1. The van der Waals surface area contributed by atoms with Gasteiger partial charge >= 0.3 is 0 Å². The fraction of sp³-hybridized carbons (Fsp3) is 0.417. The van der Waals surface area contributed by atoms with Crippen LogP contribution in [0.2, 0.25) is 10.0 Å². The van der Waals surface area contributed by atoms with Crippen LogP contribution in [0.1, 0.15) is 37.7 Å². The van der Waals surface area contributed by atoms with Crippen LogP contribution in [0.3, 0.4) is 0 Å². The lowest BCUT2D eigenvalue weighted by atomic mass is 9.55. The fourth-order valence-electron chi connectivity index (χ4n) is 4.84. The predicted octanol–water partition coefficient (Wildman–Crippen LogP) is 4.01. The number of ether oxygens (including phenoxy) is 1. The molecule has 33 heavy (non-hydrogen) atoms. The van der Waals surface area contributed by atoms with Gasteiger partial charge in [-0.25, -0.2) is 4.39 Å². The van der Waals surface area contributed by atoms with E-state index < -0.39 is 22.9 Å². The van der Waals surface area contributed by atoms with E-state index >= 15 is 0 Å². The molecule has 6 nitrogen and oxygen atoms in total. The second-order valence-electron chi connectivity index (χ2n) is 8.88.